The molecule has 0 fully saturated rings. The summed E-state index contributed by atoms with van der Waals surface area (Å²) in [5.41, 5.74) is 37.0. The minimum absolute atomic E-state index is 0.0360. The number of furan rings is 4. The average Bonchev–Trinajstić information content (AvgIpc) is 1.20. The van der Waals surface area contributed by atoms with E-state index in [-0.39, 0.29) is 13.4 Å². The lowest BCUT2D eigenvalue weighted by atomic mass is 9.32. The first-order valence-electron chi connectivity index (χ1n) is 40.3. The zero-order valence-corrected chi connectivity index (χ0v) is 63.6. The maximum absolute atomic E-state index is 6.34. The van der Waals surface area contributed by atoms with Gasteiger partial charge in [0, 0.05) is 153 Å². The third kappa shape index (κ3) is 9.14. The molecule has 8 aromatic heterocycles. The molecule has 120 heavy (non-hydrogen) atoms. The Morgan fingerprint density at radius 2 is 0.475 bits per heavy atom. The van der Waals surface area contributed by atoms with Crippen molar-refractivity contribution >= 4 is 237 Å². The van der Waals surface area contributed by atoms with E-state index in [9.17, 15) is 0 Å². The van der Waals surface area contributed by atoms with Crippen LogP contribution in [-0.2, 0) is 0 Å². The second-order valence-corrected chi connectivity index (χ2v) is 31.2. The maximum Gasteiger partial charge on any atom is 0.257 e. The molecule has 0 atom stereocenters. The van der Waals surface area contributed by atoms with Crippen LogP contribution >= 0.6 is 0 Å². The number of benzene rings is 14. The zero-order chi connectivity index (χ0) is 78.1. The molecule has 0 unspecified atom stereocenters. The predicted molar refractivity (Wildman–Crippen MR) is 484 cm³/mol. The molecule has 18 heteroatoms. The van der Waals surface area contributed by atoms with E-state index < -0.39 is 0 Å². The number of aromatic nitrogens is 6. The SMILES string of the molecule is c1cc2c3c(c1)N(c1ccc4oc5cccnc5c4c1)c1cccc4c1B3c1c(cccc1N4c1ccc3oc4cccnc4c3c1)N2c1ccc2oc3ccccc3c2c1.c1ccc(-c2nc(-c3ccccc3)nc(N3c4cccc5c4B4c6c(cccc6N(c6ccc7oc8cccnc8c7c6)c6cccc3c64)N5c3ccccc3)n2)cc1. The Hall–Kier alpha value is -16.3. The Kier molecular flexibility index (Phi) is 13.3. The Bertz CT molecular complexity index is 7650. The first-order chi connectivity index (χ1) is 59.5. The first-order valence-corrected chi connectivity index (χ1v) is 40.3. The van der Waals surface area contributed by atoms with Gasteiger partial charge >= 0.3 is 0 Å². The van der Waals surface area contributed by atoms with E-state index in [1.54, 1.807) is 0 Å². The largest absolute Gasteiger partial charge is 0.456 e. The molecule has 0 saturated carbocycles. The highest BCUT2D eigenvalue weighted by atomic mass is 16.3. The topological polar surface area (TPSA) is 149 Å². The average molecular weight is 1540 g/mol. The molecule has 0 saturated heterocycles. The van der Waals surface area contributed by atoms with E-state index in [0.29, 0.717) is 17.6 Å². The van der Waals surface area contributed by atoms with Crippen LogP contribution < -0.4 is 62.2 Å². The van der Waals surface area contributed by atoms with Crippen LogP contribution in [0, 0.1) is 0 Å². The molecule has 22 aromatic rings. The number of fused-ring (bicyclic) bond motifs is 12. The summed E-state index contributed by atoms with van der Waals surface area (Å²) in [7, 11) is 0. The molecule has 14 aromatic carbocycles. The first kappa shape index (κ1) is 65.0. The molecule has 0 bridgehead atoms. The minimum atomic E-state index is -0.0600. The van der Waals surface area contributed by atoms with Gasteiger partial charge in [0.25, 0.3) is 13.4 Å². The summed E-state index contributed by atoms with van der Waals surface area (Å²) >= 11 is 0. The number of anilines is 18. The number of rotatable bonds is 8. The predicted octanol–water partition coefficient (Wildman–Crippen LogP) is 22.4. The van der Waals surface area contributed by atoms with E-state index in [1.165, 1.54) is 32.8 Å². The number of pyridine rings is 3. The van der Waals surface area contributed by atoms with Gasteiger partial charge in [0.2, 0.25) is 5.95 Å². The van der Waals surface area contributed by atoms with Crippen LogP contribution in [0.25, 0.3) is 111 Å². The molecular weight excluding hydrogens is 1480 g/mol. The van der Waals surface area contributed by atoms with Gasteiger partial charge in [-0.3, -0.25) is 19.9 Å². The fourth-order valence-electron chi connectivity index (χ4n) is 20.1. The van der Waals surface area contributed by atoms with Crippen molar-refractivity contribution in [2.45, 2.75) is 0 Å². The maximum atomic E-state index is 6.34. The van der Waals surface area contributed by atoms with E-state index in [0.717, 1.165) is 196 Å². The molecular formula is C102H58B2N12O4. The van der Waals surface area contributed by atoms with Crippen molar-refractivity contribution < 1.29 is 17.7 Å². The summed E-state index contributed by atoms with van der Waals surface area (Å²) < 4.78 is 25.2. The molecule has 0 amide bonds. The quantitative estimate of drug-likeness (QED) is 0.133. The number of hydrogen-bond donors (Lipinski definition) is 0. The van der Waals surface area contributed by atoms with Crippen LogP contribution in [0.3, 0.4) is 0 Å². The van der Waals surface area contributed by atoms with E-state index in [4.69, 9.17) is 47.6 Å². The monoisotopic (exact) mass is 1540 g/mol. The molecule has 16 nitrogen and oxygen atoms in total. The van der Waals surface area contributed by atoms with Crippen LogP contribution in [0.15, 0.2) is 370 Å². The number of hydrogen-bond acceptors (Lipinski definition) is 16. The van der Waals surface area contributed by atoms with E-state index in [2.05, 4.69) is 278 Å². The summed E-state index contributed by atoms with van der Waals surface area (Å²) in [5.74, 6) is 1.78. The molecule has 14 heterocycles. The van der Waals surface area contributed by atoms with Gasteiger partial charge in [0.15, 0.2) is 28.4 Å². The van der Waals surface area contributed by atoms with Gasteiger partial charge in [-0.1, -0.05) is 133 Å². The highest BCUT2D eigenvalue weighted by Gasteiger charge is 2.52. The second kappa shape index (κ2) is 24.6. The van der Waals surface area contributed by atoms with Crippen molar-refractivity contribution in [3.63, 3.8) is 0 Å². The normalized spacial score (nSPS) is 13.5. The Labute approximate surface area is 684 Å². The lowest BCUT2D eigenvalue weighted by Gasteiger charge is -2.49. The van der Waals surface area contributed by atoms with E-state index >= 15 is 0 Å². The van der Waals surface area contributed by atoms with Gasteiger partial charge in [-0.25, -0.2) is 4.98 Å². The zero-order valence-electron chi connectivity index (χ0n) is 63.6. The van der Waals surface area contributed by atoms with Crippen molar-refractivity contribution in [2.75, 3.05) is 29.4 Å². The summed E-state index contributed by atoms with van der Waals surface area (Å²) in [6.45, 7) is -0.0959. The lowest BCUT2D eigenvalue weighted by Crippen LogP contribution is -2.64. The molecule has 0 N–H and O–H groups in total. The molecule has 556 valence electrons. The third-order valence-electron chi connectivity index (χ3n) is 24.9. The Morgan fingerprint density at radius 3 is 0.833 bits per heavy atom. The van der Waals surface area contributed by atoms with Gasteiger partial charge in [-0.15, -0.1) is 0 Å². The molecule has 0 radical (unpaired) electrons. The minimum Gasteiger partial charge on any atom is -0.456 e. The fraction of sp³-hybridized carbons (Fsp3) is 0. The Balaban J connectivity index is 0.000000127. The van der Waals surface area contributed by atoms with Gasteiger partial charge < -0.3 is 42.2 Å². The molecule has 28 rings (SSSR count). The summed E-state index contributed by atoms with van der Waals surface area (Å²) in [4.78, 5) is 44.4. The lowest BCUT2D eigenvalue weighted by molar-refractivity contribution is 0.668. The second-order valence-electron chi connectivity index (χ2n) is 31.2. The number of nitrogens with zero attached hydrogens (tertiary/aromatic N) is 12. The van der Waals surface area contributed by atoms with Gasteiger partial charge in [-0.2, -0.15) is 9.97 Å². The summed E-state index contributed by atoms with van der Waals surface area (Å²) in [5, 5.41) is 5.13. The van der Waals surface area contributed by atoms with Crippen molar-refractivity contribution in [2.24, 2.45) is 0 Å². The fourth-order valence-corrected chi connectivity index (χ4v) is 20.1. The van der Waals surface area contributed by atoms with Crippen molar-refractivity contribution in [3.8, 4) is 22.8 Å². The van der Waals surface area contributed by atoms with Crippen LogP contribution in [0.5, 0.6) is 0 Å². The van der Waals surface area contributed by atoms with Gasteiger partial charge in [-0.05, 0) is 233 Å². The standard InChI is InChI=1S/C52H28BN5O3.C50H30BN7O/c1-2-15-42-32(8-1)33-26-29(18-21-43(33)59-42)56-36-9-3-11-38-48(36)53-49-37(56)10-4-12-39(49)58(31-20-23-45-35(28-31)52-47(61-45)17-7-25-55-52)41-14-5-13-40(50(41)53)57(38)30-19-22-44-34(27-30)51-46(60-44)16-6-24-54-51;1-4-14-31(15-5-1)48-53-49(32-16-6-2-7-17-32)55-50(54-48)58-40-24-11-21-37-45(40)51-44-36(56(37)33-18-8-3-9-19-33)20-10-22-38(44)57(39-23-12-25-41(58)46(39)51)34-27-28-42-35(30-34)47-43(59-42)26-13-29-52-47/h1-28H;1-30H. The molecule has 0 aliphatic carbocycles. The Morgan fingerprint density at radius 1 is 0.200 bits per heavy atom. The highest BCUT2D eigenvalue weighted by Crippen LogP contribution is 2.54. The smallest absolute Gasteiger partial charge is 0.257 e. The van der Waals surface area contributed by atoms with Crippen LogP contribution in [0.1, 0.15) is 0 Å². The van der Waals surface area contributed by atoms with Crippen LogP contribution in [0.2, 0.25) is 0 Å². The van der Waals surface area contributed by atoms with Crippen molar-refractivity contribution in [1.29, 1.82) is 0 Å². The highest BCUT2D eigenvalue weighted by molar-refractivity contribution is 7.03. The van der Waals surface area contributed by atoms with Gasteiger partial charge in [0.1, 0.15) is 44.5 Å². The van der Waals surface area contributed by atoms with Crippen LogP contribution in [0.4, 0.5) is 103 Å². The molecule has 0 spiro atoms. The summed E-state index contributed by atoms with van der Waals surface area (Å²) in [6.07, 6.45) is 5.49. The van der Waals surface area contributed by atoms with Gasteiger partial charge in [0.05, 0.1) is 0 Å². The number of para-hydroxylation sites is 2. The summed E-state index contributed by atoms with van der Waals surface area (Å²) in [6, 6.07) is 117. The molecule has 6 aliphatic heterocycles. The van der Waals surface area contributed by atoms with Crippen molar-refractivity contribution in [1.82, 2.24) is 29.9 Å². The third-order valence-corrected chi connectivity index (χ3v) is 24.9. The van der Waals surface area contributed by atoms with Crippen molar-refractivity contribution in [3.05, 3.63) is 352 Å². The van der Waals surface area contributed by atoms with Crippen LogP contribution in [-0.4, -0.2) is 43.3 Å². The molecule has 6 aliphatic rings. The van der Waals surface area contributed by atoms with E-state index in [1.807, 2.05) is 104 Å².